The van der Waals surface area contributed by atoms with Crippen molar-refractivity contribution in [2.45, 2.75) is 13.5 Å². The molecule has 0 aliphatic carbocycles. The summed E-state index contributed by atoms with van der Waals surface area (Å²) in [4.78, 5) is 15.0. The number of methoxy groups -OCH3 is 1. The summed E-state index contributed by atoms with van der Waals surface area (Å²) >= 11 is 12.3. The molecule has 0 saturated carbocycles. The van der Waals surface area contributed by atoms with Gasteiger partial charge in [-0.3, -0.25) is 4.79 Å². The van der Waals surface area contributed by atoms with Crippen LogP contribution in [0.2, 0.25) is 10.0 Å². The molecule has 0 radical (unpaired) electrons. The van der Waals surface area contributed by atoms with Crippen LogP contribution in [-0.4, -0.2) is 13.0 Å². The van der Waals surface area contributed by atoms with E-state index in [0.717, 1.165) is 5.56 Å². The Hall–Kier alpha value is -2.76. The van der Waals surface area contributed by atoms with Gasteiger partial charge in [0.25, 0.3) is 5.91 Å². The summed E-state index contributed by atoms with van der Waals surface area (Å²) in [5, 5.41) is 12.3. The molecule has 0 fully saturated rings. The molecule has 3 aromatic rings. The molecule has 5 nitrogen and oxygen atoms in total. The molecule has 0 unspecified atom stereocenters. The Kier molecular flexibility index (Phi) is 6.07. The fourth-order valence-corrected chi connectivity index (χ4v) is 3.46. The van der Waals surface area contributed by atoms with E-state index in [-0.39, 0.29) is 12.5 Å². The third-order valence-electron chi connectivity index (χ3n) is 4.29. The molecule has 3 rings (SSSR count). The van der Waals surface area contributed by atoms with Gasteiger partial charge in [-0.25, -0.2) is 0 Å². The number of amides is 1. The van der Waals surface area contributed by atoms with Gasteiger partial charge < -0.3 is 14.8 Å². The molecule has 28 heavy (non-hydrogen) atoms. The minimum atomic E-state index is -0.276. The van der Waals surface area contributed by atoms with Crippen LogP contribution in [0.5, 0.6) is 5.75 Å². The van der Waals surface area contributed by atoms with Gasteiger partial charge in [-0.1, -0.05) is 41.4 Å². The van der Waals surface area contributed by atoms with Gasteiger partial charge in [0.15, 0.2) is 12.4 Å². The average Bonchev–Trinajstić information content (AvgIpc) is 2.65. The molecule has 144 valence electrons. The number of aryl methyl sites for hydroxylation is 1. The lowest BCUT2D eigenvalue weighted by atomic mass is 10.1. The Bertz CT molecular complexity index is 1000. The molecule has 1 amide bonds. The Labute approximate surface area is 173 Å². The summed E-state index contributed by atoms with van der Waals surface area (Å²) in [7, 11) is 1.58. The van der Waals surface area contributed by atoms with Gasteiger partial charge in [-0.05, 0) is 31.2 Å². The first-order chi connectivity index (χ1) is 13.4. The van der Waals surface area contributed by atoms with E-state index in [4.69, 9.17) is 27.9 Å². The van der Waals surface area contributed by atoms with Crippen LogP contribution >= 0.6 is 23.2 Å². The fourth-order valence-electron chi connectivity index (χ4n) is 2.95. The highest BCUT2D eigenvalue weighted by Crippen LogP contribution is 2.30. The summed E-state index contributed by atoms with van der Waals surface area (Å²) < 4.78 is 6.08. The summed E-state index contributed by atoms with van der Waals surface area (Å²) in [6.07, 6.45) is 2.66. The molecule has 2 aromatic carbocycles. The number of carbonyl (C=O) groups excluding carboxylic acids is 1. The molecular weight excluding hydrogens is 399 g/mol. The molecule has 0 N–H and O–H groups in total. The maximum absolute atomic E-state index is 13.4. The number of aromatic nitrogens is 1. The Morgan fingerprint density at radius 3 is 2.46 bits per heavy atom. The van der Waals surface area contributed by atoms with Crippen molar-refractivity contribution in [3.63, 3.8) is 0 Å². The summed E-state index contributed by atoms with van der Waals surface area (Å²) in [6, 6.07) is 13.9. The van der Waals surface area contributed by atoms with Crippen molar-refractivity contribution >= 4 is 34.8 Å². The van der Waals surface area contributed by atoms with Gasteiger partial charge in [0, 0.05) is 32.9 Å². The van der Waals surface area contributed by atoms with E-state index >= 15 is 0 Å². The van der Waals surface area contributed by atoms with Crippen molar-refractivity contribution < 1.29 is 14.3 Å². The SMILES string of the molecule is COc1ccccc1CN(C(=O)c1cc[n+]([O-])cc1C)c1cc(Cl)cc(Cl)c1. The summed E-state index contributed by atoms with van der Waals surface area (Å²) in [5.41, 5.74) is 2.35. The first-order valence-electron chi connectivity index (χ1n) is 8.48. The van der Waals surface area contributed by atoms with E-state index in [1.165, 1.54) is 18.5 Å². The third kappa shape index (κ3) is 4.38. The average molecular weight is 417 g/mol. The van der Waals surface area contributed by atoms with Crippen molar-refractivity contribution in [3.8, 4) is 5.75 Å². The number of ether oxygens (including phenoxy) is 1. The van der Waals surface area contributed by atoms with Crippen molar-refractivity contribution in [3.05, 3.63) is 92.9 Å². The number of anilines is 1. The highest BCUT2D eigenvalue weighted by molar-refractivity contribution is 6.35. The molecule has 0 aliphatic rings. The van der Waals surface area contributed by atoms with Crippen molar-refractivity contribution in [1.29, 1.82) is 0 Å². The topological polar surface area (TPSA) is 56.5 Å². The van der Waals surface area contributed by atoms with E-state index in [0.29, 0.717) is 37.3 Å². The van der Waals surface area contributed by atoms with Crippen LogP contribution in [0, 0.1) is 12.1 Å². The molecule has 1 aromatic heterocycles. The molecule has 1 heterocycles. The molecule has 0 atom stereocenters. The van der Waals surface area contributed by atoms with Crippen molar-refractivity contribution in [1.82, 2.24) is 0 Å². The normalized spacial score (nSPS) is 10.6. The summed E-state index contributed by atoms with van der Waals surface area (Å²) in [5.74, 6) is 0.387. The van der Waals surface area contributed by atoms with E-state index < -0.39 is 0 Å². The van der Waals surface area contributed by atoms with Crippen LogP contribution in [0.1, 0.15) is 21.5 Å². The maximum atomic E-state index is 13.4. The number of benzene rings is 2. The number of carbonyl (C=O) groups is 1. The molecule has 0 aliphatic heterocycles. The molecule has 7 heteroatoms. The number of hydrogen-bond acceptors (Lipinski definition) is 3. The number of hydrogen-bond donors (Lipinski definition) is 0. The van der Waals surface area contributed by atoms with E-state index in [1.807, 2.05) is 24.3 Å². The second-order valence-corrected chi connectivity index (χ2v) is 7.11. The van der Waals surface area contributed by atoms with Crippen molar-refractivity contribution in [2.24, 2.45) is 0 Å². The Morgan fingerprint density at radius 1 is 1.14 bits per heavy atom. The number of halogens is 2. The lowest BCUT2D eigenvalue weighted by Crippen LogP contribution is -2.33. The zero-order valence-electron chi connectivity index (χ0n) is 15.4. The van der Waals surface area contributed by atoms with Gasteiger partial charge in [-0.15, -0.1) is 0 Å². The van der Waals surface area contributed by atoms with Crippen LogP contribution in [0.4, 0.5) is 5.69 Å². The summed E-state index contributed by atoms with van der Waals surface area (Å²) in [6.45, 7) is 1.96. The minimum absolute atomic E-state index is 0.241. The number of rotatable bonds is 5. The van der Waals surface area contributed by atoms with Gasteiger partial charge in [0.1, 0.15) is 5.75 Å². The first-order valence-corrected chi connectivity index (χ1v) is 9.24. The van der Waals surface area contributed by atoms with Crippen molar-refractivity contribution in [2.75, 3.05) is 12.0 Å². The molecule has 0 spiro atoms. The van der Waals surface area contributed by atoms with Gasteiger partial charge in [0.2, 0.25) is 0 Å². The number of nitrogens with zero attached hydrogens (tertiary/aromatic N) is 2. The van der Waals surface area contributed by atoms with E-state index in [1.54, 1.807) is 37.1 Å². The smallest absolute Gasteiger partial charge is 0.259 e. The second-order valence-electron chi connectivity index (χ2n) is 6.23. The standard InChI is InChI=1S/C21H18Cl2N2O3/c1-14-12-24(27)8-7-19(14)21(26)25(18-10-16(22)9-17(23)11-18)13-15-5-3-4-6-20(15)28-2/h3-12H,13H2,1-2H3. The van der Waals surface area contributed by atoms with Gasteiger partial charge >= 0.3 is 0 Å². The highest BCUT2D eigenvalue weighted by atomic mass is 35.5. The molecule has 0 saturated heterocycles. The molecular formula is C21H18Cl2N2O3. The maximum Gasteiger partial charge on any atom is 0.259 e. The predicted octanol–water partition coefficient (Wildman–Crippen LogP) is 4.79. The lowest BCUT2D eigenvalue weighted by molar-refractivity contribution is -0.605. The number of pyridine rings is 1. The third-order valence-corrected chi connectivity index (χ3v) is 4.73. The lowest BCUT2D eigenvalue weighted by Gasteiger charge is -2.25. The zero-order chi connectivity index (χ0) is 20.3. The number of para-hydroxylation sites is 1. The van der Waals surface area contributed by atoms with Gasteiger partial charge in [-0.2, -0.15) is 4.73 Å². The monoisotopic (exact) mass is 416 g/mol. The largest absolute Gasteiger partial charge is 0.619 e. The quantitative estimate of drug-likeness (QED) is 0.443. The van der Waals surface area contributed by atoms with Crippen LogP contribution in [0.25, 0.3) is 0 Å². The van der Waals surface area contributed by atoms with Crippen LogP contribution in [0.3, 0.4) is 0 Å². The second kappa shape index (κ2) is 8.50. The van der Waals surface area contributed by atoms with Crippen LogP contribution < -0.4 is 14.4 Å². The predicted molar refractivity (Wildman–Crippen MR) is 110 cm³/mol. The van der Waals surface area contributed by atoms with Gasteiger partial charge in [0.05, 0.1) is 19.2 Å². The highest BCUT2D eigenvalue weighted by Gasteiger charge is 2.23. The van der Waals surface area contributed by atoms with Crippen LogP contribution in [0.15, 0.2) is 60.9 Å². The fraction of sp³-hybridized carbons (Fsp3) is 0.143. The Balaban J connectivity index is 2.09. The zero-order valence-corrected chi connectivity index (χ0v) is 16.9. The molecule has 0 bridgehead atoms. The Morgan fingerprint density at radius 2 is 1.82 bits per heavy atom. The first kappa shape index (κ1) is 20.0. The van der Waals surface area contributed by atoms with E-state index in [2.05, 4.69) is 0 Å². The van der Waals surface area contributed by atoms with E-state index in [9.17, 15) is 10.0 Å². The van der Waals surface area contributed by atoms with Crippen LogP contribution in [-0.2, 0) is 6.54 Å². The minimum Gasteiger partial charge on any atom is -0.619 e.